The second-order valence-electron chi connectivity index (χ2n) is 6.88. The fourth-order valence-electron chi connectivity index (χ4n) is 4.17. The molecule has 2 aliphatic heterocycles. The molecule has 1 aromatic rings. The third-order valence-electron chi connectivity index (χ3n) is 5.49. The van der Waals surface area contributed by atoms with Crippen molar-refractivity contribution in [1.82, 2.24) is 14.8 Å². The minimum Gasteiger partial charge on any atom is -0.333 e. The average molecular weight is 319 g/mol. The number of hydrogen-bond donors (Lipinski definition) is 0. The molecule has 0 bridgehead atoms. The molecule has 1 aliphatic carbocycles. The van der Waals surface area contributed by atoms with Gasteiger partial charge in [-0.05, 0) is 51.6 Å². The highest BCUT2D eigenvalue weighted by atomic mass is 32.1. The summed E-state index contributed by atoms with van der Waals surface area (Å²) >= 11 is 1.63. The van der Waals surface area contributed by atoms with E-state index in [9.17, 15) is 4.79 Å². The minimum atomic E-state index is 0.231. The quantitative estimate of drug-likeness (QED) is 0.855. The van der Waals surface area contributed by atoms with Crippen molar-refractivity contribution in [3.63, 3.8) is 0 Å². The Hall–Kier alpha value is -0.940. The smallest absolute Gasteiger partial charge is 0.265 e. The Labute approximate surface area is 136 Å². The van der Waals surface area contributed by atoms with Crippen molar-refractivity contribution in [3.05, 3.63) is 16.1 Å². The largest absolute Gasteiger partial charge is 0.333 e. The van der Waals surface area contributed by atoms with Crippen LogP contribution in [-0.4, -0.2) is 52.4 Å². The van der Waals surface area contributed by atoms with Gasteiger partial charge in [0, 0.05) is 24.5 Å². The number of likely N-dealkylation sites (N-methyl/N-ethyl adjacent to an activating group) is 1. The summed E-state index contributed by atoms with van der Waals surface area (Å²) < 4.78 is 0. The van der Waals surface area contributed by atoms with Gasteiger partial charge in [-0.2, -0.15) is 0 Å². The Morgan fingerprint density at radius 2 is 2.00 bits per heavy atom. The van der Waals surface area contributed by atoms with Gasteiger partial charge in [0.25, 0.3) is 5.91 Å². The summed E-state index contributed by atoms with van der Waals surface area (Å²) in [6, 6.07) is 0.994. The molecule has 3 aliphatic rings. The molecule has 0 radical (unpaired) electrons. The van der Waals surface area contributed by atoms with Crippen LogP contribution in [0.15, 0.2) is 6.20 Å². The molecule has 2 saturated heterocycles. The summed E-state index contributed by atoms with van der Waals surface area (Å²) in [6.45, 7) is 5.47. The zero-order valence-electron chi connectivity index (χ0n) is 13.3. The van der Waals surface area contributed by atoms with E-state index in [1.54, 1.807) is 11.3 Å². The van der Waals surface area contributed by atoms with E-state index < -0.39 is 0 Å². The first-order chi connectivity index (χ1) is 10.8. The Morgan fingerprint density at radius 1 is 1.23 bits per heavy atom. The Bertz CT molecular complexity index is 554. The molecule has 0 N–H and O–H groups in total. The Kier molecular flexibility index (Phi) is 3.95. The van der Waals surface area contributed by atoms with E-state index in [2.05, 4.69) is 21.7 Å². The molecule has 1 aromatic heterocycles. The molecule has 3 heterocycles. The van der Waals surface area contributed by atoms with Gasteiger partial charge >= 0.3 is 0 Å². The molecule has 120 valence electrons. The van der Waals surface area contributed by atoms with E-state index in [1.807, 2.05) is 6.20 Å². The molecule has 22 heavy (non-hydrogen) atoms. The standard InChI is InChI=1S/C17H25N3OS/c1-2-19-9-3-5-13(19)14-6-4-10-20(14)17(21)15-11-18-16(22-15)12-7-8-12/h11-14H,2-10H2,1H3/t13-,14-/m0/s1. The van der Waals surface area contributed by atoms with E-state index >= 15 is 0 Å². The third-order valence-corrected chi connectivity index (χ3v) is 6.63. The molecule has 1 saturated carbocycles. The number of likely N-dealkylation sites (tertiary alicyclic amines) is 2. The summed E-state index contributed by atoms with van der Waals surface area (Å²) in [6.07, 6.45) is 9.17. The van der Waals surface area contributed by atoms with Crippen LogP contribution in [0.5, 0.6) is 0 Å². The zero-order chi connectivity index (χ0) is 15.1. The molecule has 0 aromatic carbocycles. The van der Waals surface area contributed by atoms with Crippen LogP contribution in [-0.2, 0) is 0 Å². The lowest BCUT2D eigenvalue weighted by molar-refractivity contribution is 0.0654. The summed E-state index contributed by atoms with van der Waals surface area (Å²) in [5.74, 6) is 0.876. The van der Waals surface area contributed by atoms with Crippen molar-refractivity contribution in [2.45, 2.75) is 63.5 Å². The van der Waals surface area contributed by atoms with Crippen LogP contribution in [0.25, 0.3) is 0 Å². The number of nitrogens with zero attached hydrogens (tertiary/aromatic N) is 3. The Morgan fingerprint density at radius 3 is 2.77 bits per heavy atom. The zero-order valence-corrected chi connectivity index (χ0v) is 14.1. The highest BCUT2D eigenvalue weighted by molar-refractivity contribution is 7.13. The van der Waals surface area contributed by atoms with E-state index in [0.717, 1.165) is 24.4 Å². The minimum absolute atomic E-state index is 0.231. The number of rotatable bonds is 4. The summed E-state index contributed by atoms with van der Waals surface area (Å²) in [4.78, 5) is 23.0. The number of hydrogen-bond acceptors (Lipinski definition) is 4. The van der Waals surface area contributed by atoms with Crippen molar-refractivity contribution < 1.29 is 4.79 Å². The van der Waals surface area contributed by atoms with Crippen LogP contribution in [0.1, 0.15) is 66.0 Å². The van der Waals surface area contributed by atoms with E-state index in [1.165, 1.54) is 43.7 Å². The van der Waals surface area contributed by atoms with Gasteiger partial charge in [0.2, 0.25) is 0 Å². The monoisotopic (exact) mass is 319 g/mol. The number of carbonyl (C=O) groups excluding carboxylic acids is 1. The maximum Gasteiger partial charge on any atom is 0.265 e. The molecular formula is C17H25N3OS. The molecule has 0 spiro atoms. The van der Waals surface area contributed by atoms with Gasteiger partial charge in [0.05, 0.1) is 11.2 Å². The average Bonchev–Trinajstić information content (AvgIpc) is 3.01. The van der Waals surface area contributed by atoms with Crippen LogP contribution < -0.4 is 0 Å². The van der Waals surface area contributed by atoms with Crippen molar-refractivity contribution in [2.24, 2.45) is 0 Å². The highest BCUT2D eigenvalue weighted by Gasteiger charge is 2.40. The molecule has 5 heteroatoms. The highest BCUT2D eigenvalue weighted by Crippen LogP contribution is 2.42. The predicted molar refractivity (Wildman–Crippen MR) is 88.4 cm³/mol. The molecule has 3 fully saturated rings. The van der Waals surface area contributed by atoms with Gasteiger partial charge in [0.1, 0.15) is 4.88 Å². The van der Waals surface area contributed by atoms with Crippen LogP contribution in [0.2, 0.25) is 0 Å². The lowest BCUT2D eigenvalue weighted by Gasteiger charge is -2.34. The van der Waals surface area contributed by atoms with Crippen molar-refractivity contribution in [3.8, 4) is 0 Å². The van der Waals surface area contributed by atoms with Gasteiger partial charge < -0.3 is 4.90 Å². The molecule has 4 nitrogen and oxygen atoms in total. The van der Waals surface area contributed by atoms with Crippen LogP contribution >= 0.6 is 11.3 Å². The molecule has 4 rings (SSSR count). The van der Waals surface area contributed by atoms with Crippen molar-refractivity contribution in [1.29, 1.82) is 0 Å². The third kappa shape index (κ3) is 2.58. The predicted octanol–water partition coefficient (Wildman–Crippen LogP) is 3.11. The summed E-state index contributed by atoms with van der Waals surface area (Å²) in [5.41, 5.74) is 0. The molecule has 0 unspecified atom stereocenters. The van der Waals surface area contributed by atoms with E-state index in [4.69, 9.17) is 0 Å². The summed E-state index contributed by atoms with van der Waals surface area (Å²) in [5, 5.41) is 1.18. The maximum atomic E-state index is 12.9. The van der Waals surface area contributed by atoms with Gasteiger partial charge in [-0.15, -0.1) is 11.3 Å². The fraction of sp³-hybridized carbons (Fsp3) is 0.765. The maximum absolute atomic E-state index is 12.9. The number of thiazole rings is 1. The van der Waals surface area contributed by atoms with Crippen LogP contribution in [0.3, 0.4) is 0 Å². The second kappa shape index (κ2) is 5.93. The lowest BCUT2D eigenvalue weighted by Crippen LogP contribution is -2.48. The molecule has 2 atom stereocenters. The van der Waals surface area contributed by atoms with Crippen LogP contribution in [0.4, 0.5) is 0 Å². The van der Waals surface area contributed by atoms with Crippen molar-refractivity contribution in [2.75, 3.05) is 19.6 Å². The first-order valence-corrected chi connectivity index (χ1v) is 9.60. The first-order valence-electron chi connectivity index (χ1n) is 8.78. The van der Waals surface area contributed by atoms with E-state index in [0.29, 0.717) is 18.0 Å². The topological polar surface area (TPSA) is 36.4 Å². The number of aromatic nitrogens is 1. The number of amides is 1. The number of carbonyl (C=O) groups is 1. The molecule has 1 amide bonds. The lowest BCUT2D eigenvalue weighted by atomic mass is 10.0. The van der Waals surface area contributed by atoms with Crippen molar-refractivity contribution >= 4 is 17.2 Å². The van der Waals surface area contributed by atoms with Gasteiger partial charge in [-0.1, -0.05) is 6.92 Å². The molecular weight excluding hydrogens is 294 g/mol. The first kappa shape index (κ1) is 14.6. The normalized spacial score (nSPS) is 29.4. The van der Waals surface area contributed by atoms with Gasteiger partial charge in [0.15, 0.2) is 0 Å². The second-order valence-corrected chi connectivity index (χ2v) is 7.95. The summed E-state index contributed by atoms with van der Waals surface area (Å²) in [7, 11) is 0. The SMILES string of the molecule is CCN1CCC[C@H]1[C@@H]1CCCN1C(=O)c1cnc(C2CC2)s1. The van der Waals surface area contributed by atoms with Gasteiger partial charge in [-0.3, -0.25) is 9.69 Å². The fourth-order valence-corrected chi connectivity index (χ4v) is 5.22. The van der Waals surface area contributed by atoms with Gasteiger partial charge in [-0.25, -0.2) is 4.98 Å². The Balaban J connectivity index is 1.50. The van der Waals surface area contributed by atoms with Crippen LogP contribution in [0, 0.1) is 0 Å². The van der Waals surface area contributed by atoms with E-state index in [-0.39, 0.29) is 5.91 Å².